The Hall–Kier alpha value is -1.59. The summed E-state index contributed by atoms with van der Waals surface area (Å²) in [5.74, 6) is -4.40. The van der Waals surface area contributed by atoms with Crippen molar-refractivity contribution >= 4 is 17.9 Å². The SMILES string of the molecule is O=C(O)CCCCCCCCCCCCCCCCCCCC(C(=O)O)C(=O)O. The molecule has 0 saturated carbocycles. The van der Waals surface area contributed by atoms with E-state index < -0.39 is 23.8 Å². The lowest BCUT2D eigenvalue weighted by atomic mass is 10.00. The highest BCUT2D eigenvalue weighted by Gasteiger charge is 2.24. The minimum atomic E-state index is -1.25. The van der Waals surface area contributed by atoms with E-state index in [1.807, 2.05) is 0 Å². The van der Waals surface area contributed by atoms with Gasteiger partial charge in [-0.3, -0.25) is 14.4 Å². The number of carboxylic acid groups (broad SMARTS) is 3. The summed E-state index contributed by atoms with van der Waals surface area (Å²) in [5, 5.41) is 26.2. The van der Waals surface area contributed by atoms with Crippen LogP contribution in [-0.4, -0.2) is 33.2 Å². The van der Waals surface area contributed by atoms with Crippen LogP contribution in [0.25, 0.3) is 0 Å². The Morgan fingerprint density at radius 2 is 0.724 bits per heavy atom. The summed E-state index contributed by atoms with van der Waals surface area (Å²) < 4.78 is 0. The second kappa shape index (κ2) is 19.7. The molecule has 3 N–H and O–H groups in total. The van der Waals surface area contributed by atoms with Gasteiger partial charge in [-0.1, -0.05) is 103 Å². The van der Waals surface area contributed by atoms with Crippen molar-refractivity contribution in [3.8, 4) is 0 Å². The highest BCUT2D eigenvalue weighted by molar-refractivity contribution is 5.92. The molecule has 6 heteroatoms. The van der Waals surface area contributed by atoms with Crippen LogP contribution in [0.1, 0.15) is 122 Å². The third-order valence-corrected chi connectivity index (χ3v) is 5.48. The van der Waals surface area contributed by atoms with Gasteiger partial charge in [0.2, 0.25) is 0 Å². The van der Waals surface area contributed by atoms with Gasteiger partial charge in [0, 0.05) is 6.42 Å². The van der Waals surface area contributed by atoms with E-state index in [0.29, 0.717) is 12.8 Å². The van der Waals surface area contributed by atoms with E-state index in [1.54, 1.807) is 0 Å². The molecule has 29 heavy (non-hydrogen) atoms. The first kappa shape index (κ1) is 27.4. The Morgan fingerprint density at radius 3 is 1.00 bits per heavy atom. The van der Waals surface area contributed by atoms with Gasteiger partial charge in [-0.2, -0.15) is 0 Å². The van der Waals surface area contributed by atoms with Crippen LogP contribution in [0.3, 0.4) is 0 Å². The van der Waals surface area contributed by atoms with Crippen LogP contribution >= 0.6 is 0 Å². The highest BCUT2D eigenvalue weighted by Crippen LogP contribution is 2.16. The van der Waals surface area contributed by atoms with Gasteiger partial charge in [-0.05, 0) is 12.8 Å². The van der Waals surface area contributed by atoms with Gasteiger partial charge >= 0.3 is 17.9 Å². The Balaban J connectivity index is 3.20. The maximum absolute atomic E-state index is 10.8. The van der Waals surface area contributed by atoms with Gasteiger partial charge in [0.1, 0.15) is 0 Å². The van der Waals surface area contributed by atoms with Gasteiger partial charge in [-0.15, -0.1) is 0 Å². The molecule has 0 fully saturated rings. The molecule has 0 aromatic rings. The van der Waals surface area contributed by atoms with Crippen LogP contribution in [0.15, 0.2) is 0 Å². The Bertz CT molecular complexity index is 421. The molecule has 0 aliphatic heterocycles. The molecule has 0 aliphatic rings. The summed E-state index contributed by atoms with van der Waals surface area (Å²) in [4.78, 5) is 31.9. The second-order valence-corrected chi connectivity index (χ2v) is 8.17. The molecule has 0 rings (SSSR count). The van der Waals surface area contributed by atoms with Crippen LogP contribution in [0.5, 0.6) is 0 Å². The van der Waals surface area contributed by atoms with Gasteiger partial charge in [0.25, 0.3) is 0 Å². The standard InChI is InChI=1S/C23H42O6/c24-21(25)19-17-15-13-11-9-7-5-3-1-2-4-6-8-10-12-14-16-18-20(22(26)27)23(28)29/h20H,1-19H2,(H,24,25)(H,26,27)(H,28,29). The highest BCUT2D eigenvalue weighted by atomic mass is 16.4. The van der Waals surface area contributed by atoms with E-state index in [1.165, 1.54) is 64.2 Å². The van der Waals surface area contributed by atoms with Crippen molar-refractivity contribution in [2.75, 3.05) is 0 Å². The monoisotopic (exact) mass is 414 g/mol. The molecule has 6 nitrogen and oxygen atoms in total. The zero-order valence-electron chi connectivity index (χ0n) is 18.1. The number of hydrogen-bond acceptors (Lipinski definition) is 3. The molecule has 0 saturated heterocycles. The summed E-state index contributed by atoms with van der Waals surface area (Å²) in [6.07, 6.45) is 20.1. The maximum atomic E-state index is 10.8. The molecule has 0 aromatic carbocycles. The molecule has 0 atom stereocenters. The average molecular weight is 415 g/mol. The normalized spacial score (nSPS) is 11.1. The van der Waals surface area contributed by atoms with E-state index in [9.17, 15) is 14.4 Å². The second-order valence-electron chi connectivity index (χ2n) is 8.17. The third kappa shape index (κ3) is 19.5. The van der Waals surface area contributed by atoms with Crippen molar-refractivity contribution in [2.45, 2.75) is 122 Å². The van der Waals surface area contributed by atoms with Crippen molar-refractivity contribution in [1.29, 1.82) is 0 Å². The first-order chi connectivity index (χ1) is 13.9. The summed E-state index contributed by atoms with van der Waals surface area (Å²) in [6, 6.07) is 0. The van der Waals surface area contributed by atoms with Crippen molar-refractivity contribution in [2.24, 2.45) is 5.92 Å². The quantitative estimate of drug-likeness (QED) is 0.142. The molecule has 0 radical (unpaired) electrons. The predicted molar refractivity (Wildman–Crippen MR) is 114 cm³/mol. The number of carboxylic acids is 3. The predicted octanol–water partition coefficient (Wildman–Crippen LogP) is 6.27. The number of carbonyl (C=O) groups is 3. The molecule has 0 aliphatic carbocycles. The number of unbranched alkanes of at least 4 members (excludes halogenated alkanes) is 16. The Morgan fingerprint density at radius 1 is 0.448 bits per heavy atom. The van der Waals surface area contributed by atoms with Gasteiger partial charge in [0.05, 0.1) is 0 Å². The molecule has 0 bridgehead atoms. The average Bonchev–Trinajstić information content (AvgIpc) is 2.65. The smallest absolute Gasteiger partial charge is 0.317 e. The zero-order chi connectivity index (χ0) is 21.7. The molecule has 0 spiro atoms. The Kier molecular flexibility index (Phi) is 18.6. The summed E-state index contributed by atoms with van der Waals surface area (Å²) in [5.41, 5.74) is 0. The van der Waals surface area contributed by atoms with Crippen LogP contribution < -0.4 is 0 Å². The number of rotatable bonds is 22. The van der Waals surface area contributed by atoms with Crippen molar-refractivity contribution in [1.82, 2.24) is 0 Å². The van der Waals surface area contributed by atoms with Gasteiger partial charge in [0.15, 0.2) is 5.92 Å². The molecule has 0 heterocycles. The minimum absolute atomic E-state index is 0.232. The van der Waals surface area contributed by atoms with Crippen LogP contribution in [0.2, 0.25) is 0 Å². The Labute approximate surface area is 176 Å². The van der Waals surface area contributed by atoms with E-state index in [4.69, 9.17) is 15.3 Å². The van der Waals surface area contributed by atoms with Crippen molar-refractivity contribution < 1.29 is 29.7 Å². The van der Waals surface area contributed by atoms with E-state index in [-0.39, 0.29) is 6.42 Å². The summed E-state index contributed by atoms with van der Waals surface area (Å²) in [6.45, 7) is 0. The van der Waals surface area contributed by atoms with E-state index in [2.05, 4.69) is 0 Å². The van der Waals surface area contributed by atoms with Gasteiger partial charge < -0.3 is 15.3 Å². The van der Waals surface area contributed by atoms with Crippen molar-refractivity contribution in [3.63, 3.8) is 0 Å². The molecular weight excluding hydrogens is 372 g/mol. The molecule has 170 valence electrons. The third-order valence-electron chi connectivity index (χ3n) is 5.48. The van der Waals surface area contributed by atoms with Crippen LogP contribution in [0, 0.1) is 5.92 Å². The minimum Gasteiger partial charge on any atom is -0.481 e. The van der Waals surface area contributed by atoms with Crippen molar-refractivity contribution in [3.05, 3.63) is 0 Å². The summed E-state index contributed by atoms with van der Waals surface area (Å²) in [7, 11) is 0. The lowest BCUT2D eigenvalue weighted by molar-refractivity contribution is -0.154. The number of hydrogen-bond donors (Lipinski definition) is 3. The molecule has 0 aromatic heterocycles. The fourth-order valence-electron chi connectivity index (χ4n) is 3.63. The number of aliphatic carboxylic acids is 3. The lowest BCUT2D eigenvalue weighted by Crippen LogP contribution is -2.23. The van der Waals surface area contributed by atoms with Crippen LogP contribution in [-0.2, 0) is 14.4 Å². The summed E-state index contributed by atoms with van der Waals surface area (Å²) >= 11 is 0. The molecule has 0 unspecified atom stereocenters. The van der Waals surface area contributed by atoms with E-state index in [0.717, 1.165) is 38.5 Å². The first-order valence-corrected chi connectivity index (χ1v) is 11.6. The largest absolute Gasteiger partial charge is 0.481 e. The fraction of sp³-hybridized carbons (Fsp3) is 0.870. The van der Waals surface area contributed by atoms with Crippen LogP contribution in [0.4, 0.5) is 0 Å². The van der Waals surface area contributed by atoms with Gasteiger partial charge in [-0.25, -0.2) is 0 Å². The lowest BCUT2D eigenvalue weighted by Gasteiger charge is -2.07. The first-order valence-electron chi connectivity index (χ1n) is 11.6. The topological polar surface area (TPSA) is 112 Å². The zero-order valence-corrected chi connectivity index (χ0v) is 18.1. The fourth-order valence-corrected chi connectivity index (χ4v) is 3.63. The van der Waals surface area contributed by atoms with E-state index >= 15 is 0 Å². The molecular formula is C23H42O6. The maximum Gasteiger partial charge on any atom is 0.317 e. The molecule has 0 amide bonds.